The van der Waals surface area contributed by atoms with Crippen molar-refractivity contribution in [3.8, 4) is 0 Å². The van der Waals surface area contributed by atoms with Crippen LogP contribution in [0.2, 0.25) is 0 Å². The number of aliphatic hydroxyl groups excluding tert-OH is 8. The summed E-state index contributed by atoms with van der Waals surface area (Å²) in [7, 11) is 0. The van der Waals surface area contributed by atoms with Gasteiger partial charge in [0.05, 0.1) is 6.61 Å². The molecule has 2 aliphatic rings. The number of ether oxygens (including phenoxy) is 3. The minimum absolute atomic E-state index is 0.815. The average molecular weight is 396 g/mol. The highest BCUT2D eigenvalue weighted by Gasteiger charge is 2.50. The van der Waals surface area contributed by atoms with Gasteiger partial charge in [-0.25, -0.2) is 9.59 Å². The zero-order valence-electron chi connectivity index (χ0n) is 13.7. The lowest BCUT2D eigenvalue weighted by molar-refractivity contribution is -0.234. The summed E-state index contributed by atoms with van der Waals surface area (Å²) in [6.45, 7) is -1.84. The van der Waals surface area contributed by atoms with Gasteiger partial charge in [0, 0.05) is 0 Å². The number of aliphatic hydroxyl groups is 8. The lowest BCUT2D eigenvalue weighted by atomic mass is 9.85. The van der Waals surface area contributed by atoms with E-state index >= 15 is 0 Å². The Balaban J connectivity index is 1.98. The molecule has 8 atom stereocenters. The van der Waals surface area contributed by atoms with Gasteiger partial charge in [-0.1, -0.05) is 0 Å². The van der Waals surface area contributed by atoms with E-state index in [0.29, 0.717) is 0 Å². The maximum Gasteiger partial charge on any atom is 0.378 e. The maximum absolute atomic E-state index is 11.8. The number of hydrogen-bond acceptors (Lipinski definition) is 13. The molecule has 0 spiro atoms. The third-order valence-electron chi connectivity index (χ3n) is 4.13. The van der Waals surface area contributed by atoms with Crippen LogP contribution in [0, 0.1) is 0 Å². The summed E-state index contributed by atoms with van der Waals surface area (Å²) in [5, 5.41) is 76.0. The predicted molar refractivity (Wildman–Crippen MR) is 78.5 cm³/mol. The minimum atomic E-state index is -1.92. The van der Waals surface area contributed by atoms with Crippen molar-refractivity contribution < 1.29 is 64.7 Å². The smallest absolute Gasteiger partial charge is 0.378 e. The van der Waals surface area contributed by atoms with Gasteiger partial charge in [0.15, 0.2) is 24.6 Å². The Hall–Kier alpha value is -2.00. The van der Waals surface area contributed by atoms with E-state index in [1.165, 1.54) is 0 Å². The molecule has 2 rings (SSSR count). The fourth-order valence-electron chi connectivity index (χ4n) is 2.60. The van der Waals surface area contributed by atoms with E-state index in [0.717, 1.165) is 0 Å². The van der Waals surface area contributed by atoms with Gasteiger partial charge >= 0.3 is 11.9 Å². The minimum Gasteiger partial charge on any atom is -0.505 e. The molecule has 0 aromatic carbocycles. The van der Waals surface area contributed by atoms with E-state index in [2.05, 4.69) is 4.74 Å². The zero-order valence-corrected chi connectivity index (χ0v) is 13.7. The fourth-order valence-corrected chi connectivity index (χ4v) is 2.60. The monoisotopic (exact) mass is 396 g/mol. The number of cyclic esters (lactones) is 1. The van der Waals surface area contributed by atoms with Gasteiger partial charge in [-0.2, -0.15) is 0 Å². The molecule has 13 heteroatoms. The van der Waals surface area contributed by atoms with Crippen molar-refractivity contribution in [2.24, 2.45) is 0 Å². The quantitative estimate of drug-likeness (QED) is 0.197. The predicted octanol–water partition coefficient (Wildman–Crippen LogP) is -5.22. The SMILES string of the molecule is O=C(COC1=C(O)[C@@H]([C@@H](O)CO)OC1=O)OC1[C@@H](O)[C@H](O)C(O)[C@H](O)[C@H]1O. The normalized spacial score (nSPS) is 37.7. The molecule has 0 aromatic rings. The van der Waals surface area contributed by atoms with Gasteiger partial charge < -0.3 is 55.1 Å². The molecule has 1 aliphatic heterocycles. The molecule has 0 amide bonds. The van der Waals surface area contributed by atoms with Crippen LogP contribution in [0.25, 0.3) is 0 Å². The third kappa shape index (κ3) is 4.14. The van der Waals surface area contributed by atoms with Gasteiger partial charge in [-0.05, 0) is 0 Å². The van der Waals surface area contributed by atoms with Gasteiger partial charge in [0.1, 0.15) is 36.6 Å². The van der Waals surface area contributed by atoms with Crippen LogP contribution in [-0.2, 0) is 23.8 Å². The van der Waals surface area contributed by atoms with Gasteiger partial charge in [-0.3, -0.25) is 0 Å². The summed E-state index contributed by atoms with van der Waals surface area (Å²) in [5.41, 5.74) is 0. The number of carbonyl (C=O) groups excluding carboxylic acids is 2. The molecule has 27 heavy (non-hydrogen) atoms. The van der Waals surface area contributed by atoms with E-state index in [1.54, 1.807) is 0 Å². The fraction of sp³-hybridized carbons (Fsp3) is 0.714. The Morgan fingerprint density at radius 2 is 1.56 bits per heavy atom. The van der Waals surface area contributed by atoms with E-state index in [1.807, 2.05) is 0 Å². The van der Waals surface area contributed by atoms with Crippen LogP contribution in [0.15, 0.2) is 11.5 Å². The lowest BCUT2D eigenvalue weighted by Crippen LogP contribution is -2.64. The highest BCUT2D eigenvalue weighted by Crippen LogP contribution is 2.26. The molecule has 1 fully saturated rings. The van der Waals surface area contributed by atoms with Crippen LogP contribution in [0.1, 0.15) is 0 Å². The summed E-state index contributed by atoms with van der Waals surface area (Å²) in [6, 6.07) is 0. The van der Waals surface area contributed by atoms with Crippen molar-refractivity contribution in [3.05, 3.63) is 11.5 Å². The van der Waals surface area contributed by atoms with E-state index < -0.39 is 85.5 Å². The first-order valence-electron chi connectivity index (χ1n) is 7.75. The molecule has 1 saturated carbocycles. The van der Waals surface area contributed by atoms with Gasteiger partial charge in [-0.15, -0.1) is 0 Å². The maximum atomic E-state index is 11.8. The summed E-state index contributed by atoms with van der Waals surface area (Å²) in [4.78, 5) is 23.4. The number of carbonyl (C=O) groups is 2. The summed E-state index contributed by atoms with van der Waals surface area (Å²) in [5.74, 6) is -4.16. The number of esters is 2. The molecule has 0 aromatic heterocycles. The van der Waals surface area contributed by atoms with Crippen LogP contribution < -0.4 is 0 Å². The van der Waals surface area contributed by atoms with Crippen molar-refractivity contribution in [2.45, 2.75) is 48.8 Å². The first-order chi connectivity index (χ1) is 12.6. The summed E-state index contributed by atoms with van der Waals surface area (Å²) >= 11 is 0. The molecule has 0 saturated heterocycles. The number of hydrogen-bond donors (Lipinski definition) is 8. The molecule has 8 N–H and O–H groups in total. The molecule has 13 nitrogen and oxygen atoms in total. The molecule has 154 valence electrons. The van der Waals surface area contributed by atoms with Crippen LogP contribution >= 0.6 is 0 Å². The van der Waals surface area contributed by atoms with E-state index in [4.69, 9.17) is 14.6 Å². The topological polar surface area (TPSA) is 224 Å². The molecule has 1 heterocycles. The second-order valence-corrected chi connectivity index (χ2v) is 5.99. The lowest BCUT2D eigenvalue weighted by Gasteiger charge is -2.41. The van der Waals surface area contributed by atoms with Crippen LogP contribution in [-0.4, -0.2) is 115 Å². The summed E-state index contributed by atoms with van der Waals surface area (Å²) < 4.78 is 14.0. The van der Waals surface area contributed by atoms with Gasteiger partial charge in [0.25, 0.3) is 0 Å². The first kappa shape index (κ1) is 21.3. The van der Waals surface area contributed by atoms with Crippen molar-refractivity contribution in [1.29, 1.82) is 0 Å². The van der Waals surface area contributed by atoms with Crippen molar-refractivity contribution in [3.63, 3.8) is 0 Å². The second kappa shape index (κ2) is 8.35. The highest BCUT2D eigenvalue weighted by molar-refractivity contribution is 5.90. The summed E-state index contributed by atoms with van der Waals surface area (Å²) in [6.07, 6.45) is -14.5. The largest absolute Gasteiger partial charge is 0.505 e. The van der Waals surface area contributed by atoms with Crippen molar-refractivity contribution in [2.75, 3.05) is 13.2 Å². The Labute approximate surface area is 151 Å². The molecule has 0 radical (unpaired) electrons. The third-order valence-corrected chi connectivity index (χ3v) is 4.13. The van der Waals surface area contributed by atoms with Crippen molar-refractivity contribution in [1.82, 2.24) is 0 Å². The Morgan fingerprint density at radius 1 is 1.04 bits per heavy atom. The molecule has 0 bridgehead atoms. The van der Waals surface area contributed by atoms with E-state index in [-0.39, 0.29) is 0 Å². The standard InChI is InChI=1S/C14H20O13/c15-1-3(16)11-10(23)13(14(24)27-11)25-2-4(17)26-12-8(21)6(19)5(18)7(20)9(12)22/h3,5-9,11-12,15-16,18-23H,1-2H2/t3-,5?,6-,7+,8+,9-,11+,12?/m0/s1. The second-order valence-electron chi connectivity index (χ2n) is 5.99. The van der Waals surface area contributed by atoms with Crippen LogP contribution in [0.4, 0.5) is 0 Å². The molecule has 1 aliphatic carbocycles. The molecule has 2 unspecified atom stereocenters. The van der Waals surface area contributed by atoms with E-state index in [9.17, 15) is 45.3 Å². The van der Waals surface area contributed by atoms with Crippen molar-refractivity contribution >= 4 is 11.9 Å². The van der Waals surface area contributed by atoms with Gasteiger partial charge in [0.2, 0.25) is 5.76 Å². The Morgan fingerprint density at radius 3 is 2.07 bits per heavy atom. The Kier molecular flexibility index (Phi) is 6.59. The average Bonchev–Trinajstić information content (AvgIpc) is 2.93. The molecular weight excluding hydrogens is 376 g/mol. The Bertz CT molecular complexity index is 588. The highest BCUT2D eigenvalue weighted by atomic mass is 16.6. The number of rotatable bonds is 6. The zero-order chi connectivity index (χ0) is 20.5. The van der Waals surface area contributed by atoms with Crippen LogP contribution in [0.5, 0.6) is 0 Å². The van der Waals surface area contributed by atoms with Crippen LogP contribution in [0.3, 0.4) is 0 Å². The first-order valence-corrected chi connectivity index (χ1v) is 7.75. The molecular formula is C14H20O13.